The first-order valence-corrected chi connectivity index (χ1v) is 12.2. The molecule has 2 aromatic carbocycles. The standard InChI is InChI=1S/C28H23ClN4O4/c29-19-11-12-21-20(14-19)26(17-6-2-1-3-7-17)27(28(37)31-21)22-15-23(18-8-5-13-30-16-18)33(32-22)24(34)9-4-10-25(35)36/h1-3,5-8,11-14,16,23H,4,9-10,15H2,(H,31,37)(H,35,36)/t23-/m1/s1. The van der Waals surface area contributed by atoms with Crippen molar-refractivity contribution < 1.29 is 14.7 Å². The molecule has 0 fully saturated rings. The maximum Gasteiger partial charge on any atom is 0.303 e. The molecule has 2 N–H and O–H groups in total. The zero-order valence-electron chi connectivity index (χ0n) is 19.7. The molecule has 1 aliphatic heterocycles. The highest BCUT2D eigenvalue weighted by Gasteiger charge is 2.35. The molecule has 4 aromatic rings. The number of aromatic nitrogens is 2. The van der Waals surface area contributed by atoms with Gasteiger partial charge in [-0.25, -0.2) is 5.01 Å². The van der Waals surface area contributed by atoms with E-state index in [1.165, 1.54) is 5.01 Å². The highest BCUT2D eigenvalue weighted by Crippen LogP contribution is 2.37. The number of carbonyl (C=O) groups excluding carboxylic acids is 1. The van der Waals surface area contributed by atoms with Gasteiger partial charge >= 0.3 is 5.97 Å². The van der Waals surface area contributed by atoms with Gasteiger partial charge in [-0.05, 0) is 41.8 Å². The minimum atomic E-state index is -0.962. The van der Waals surface area contributed by atoms with Crippen LogP contribution in [0.25, 0.3) is 22.0 Å². The number of carboxylic acids is 1. The van der Waals surface area contributed by atoms with Gasteiger partial charge < -0.3 is 10.1 Å². The van der Waals surface area contributed by atoms with Crippen LogP contribution in [0.1, 0.15) is 42.9 Å². The molecule has 0 aliphatic carbocycles. The van der Waals surface area contributed by atoms with Crippen molar-refractivity contribution in [1.82, 2.24) is 15.0 Å². The molecule has 9 heteroatoms. The fraction of sp³-hybridized carbons (Fsp3) is 0.179. The molecule has 8 nitrogen and oxygen atoms in total. The molecule has 1 amide bonds. The summed E-state index contributed by atoms with van der Waals surface area (Å²) < 4.78 is 0. The van der Waals surface area contributed by atoms with Crippen molar-refractivity contribution in [2.75, 3.05) is 0 Å². The SMILES string of the molecule is O=C(O)CCCC(=O)N1N=C(c2c(-c3ccccc3)c3cc(Cl)ccc3[nH]c2=O)C[C@@H]1c1cccnc1. The van der Waals surface area contributed by atoms with Gasteiger partial charge in [0, 0.05) is 53.1 Å². The molecule has 0 bridgehead atoms. The molecule has 2 aromatic heterocycles. The summed E-state index contributed by atoms with van der Waals surface area (Å²) in [5, 5.41) is 16.3. The number of hydrazone groups is 1. The number of benzene rings is 2. The number of rotatable bonds is 7. The summed E-state index contributed by atoms with van der Waals surface area (Å²) in [7, 11) is 0. The van der Waals surface area contributed by atoms with Crippen LogP contribution in [-0.4, -0.2) is 37.7 Å². The van der Waals surface area contributed by atoms with Crippen LogP contribution in [0.15, 0.2) is 83.0 Å². The minimum absolute atomic E-state index is 0.0229. The number of carbonyl (C=O) groups is 2. The molecule has 0 saturated carbocycles. The smallest absolute Gasteiger partial charge is 0.303 e. The Morgan fingerprint density at radius 2 is 1.86 bits per heavy atom. The van der Waals surface area contributed by atoms with Gasteiger partial charge in [0.25, 0.3) is 5.56 Å². The topological polar surface area (TPSA) is 116 Å². The predicted molar refractivity (Wildman–Crippen MR) is 141 cm³/mol. The van der Waals surface area contributed by atoms with E-state index in [-0.39, 0.29) is 30.7 Å². The van der Waals surface area contributed by atoms with Gasteiger partial charge in [-0.2, -0.15) is 5.10 Å². The van der Waals surface area contributed by atoms with E-state index in [4.69, 9.17) is 16.7 Å². The summed E-state index contributed by atoms with van der Waals surface area (Å²) in [6.45, 7) is 0. The minimum Gasteiger partial charge on any atom is -0.481 e. The fourth-order valence-electron chi connectivity index (χ4n) is 4.67. The number of nitrogens with zero attached hydrogens (tertiary/aromatic N) is 3. The third-order valence-corrected chi connectivity index (χ3v) is 6.58. The lowest BCUT2D eigenvalue weighted by Gasteiger charge is -2.21. The number of halogens is 1. The van der Waals surface area contributed by atoms with Crippen LogP contribution in [0.4, 0.5) is 0 Å². The molecule has 1 aliphatic rings. The van der Waals surface area contributed by atoms with Crippen LogP contribution in [0.2, 0.25) is 5.02 Å². The summed E-state index contributed by atoms with van der Waals surface area (Å²) in [4.78, 5) is 44.8. The van der Waals surface area contributed by atoms with Gasteiger partial charge in [-0.1, -0.05) is 48.0 Å². The van der Waals surface area contributed by atoms with Crippen molar-refractivity contribution in [1.29, 1.82) is 0 Å². The first kappa shape index (κ1) is 24.4. The van der Waals surface area contributed by atoms with Gasteiger partial charge in [-0.15, -0.1) is 0 Å². The predicted octanol–water partition coefficient (Wildman–Crippen LogP) is 5.18. The molecule has 1 atom stereocenters. The van der Waals surface area contributed by atoms with Gasteiger partial charge in [0.15, 0.2) is 0 Å². The van der Waals surface area contributed by atoms with E-state index >= 15 is 0 Å². The van der Waals surface area contributed by atoms with Crippen LogP contribution in [0.5, 0.6) is 0 Å². The van der Waals surface area contributed by atoms with Gasteiger partial charge in [0.1, 0.15) is 0 Å². The highest BCUT2D eigenvalue weighted by atomic mass is 35.5. The van der Waals surface area contributed by atoms with Crippen LogP contribution in [0, 0.1) is 0 Å². The van der Waals surface area contributed by atoms with Crippen molar-refractivity contribution in [3.63, 3.8) is 0 Å². The Hall–Kier alpha value is -4.30. The number of hydrogen-bond acceptors (Lipinski definition) is 5. The molecule has 0 spiro atoms. The number of hydrogen-bond donors (Lipinski definition) is 2. The normalized spacial score (nSPS) is 15.1. The average molecular weight is 515 g/mol. The van der Waals surface area contributed by atoms with Gasteiger partial charge in [0.2, 0.25) is 5.91 Å². The van der Waals surface area contributed by atoms with E-state index in [2.05, 4.69) is 15.1 Å². The summed E-state index contributed by atoms with van der Waals surface area (Å²) in [5.41, 5.74) is 3.43. The van der Waals surface area contributed by atoms with Crippen molar-refractivity contribution in [3.05, 3.63) is 99.6 Å². The molecular formula is C28H23ClN4O4. The average Bonchev–Trinajstić information content (AvgIpc) is 3.34. The van der Waals surface area contributed by atoms with Crippen molar-refractivity contribution in [3.8, 4) is 11.1 Å². The van der Waals surface area contributed by atoms with E-state index in [0.717, 1.165) is 16.5 Å². The maximum atomic E-state index is 13.5. The summed E-state index contributed by atoms with van der Waals surface area (Å²) in [6, 6.07) is 18.0. The second-order valence-electron chi connectivity index (χ2n) is 8.80. The number of H-pyrrole nitrogens is 1. The first-order valence-electron chi connectivity index (χ1n) is 11.8. The van der Waals surface area contributed by atoms with E-state index in [0.29, 0.717) is 33.8 Å². The Labute approximate surface area is 217 Å². The lowest BCUT2D eigenvalue weighted by molar-refractivity contribution is -0.137. The number of nitrogens with one attached hydrogen (secondary N) is 1. The van der Waals surface area contributed by atoms with Gasteiger partial charge in [0.05, 0.1) is 17.3 Å². The molecule has 37 heavy (non-hydrogen) atoms. The molecule has 0 radical (unpaired) electrons. The van der Waals surface area contributed by atoms with Crippen LogP contribution in [0.3, 0.4) is 0 Å². The van der Waals surface area contributed by atoms with Gasteiger partial charge in [-0.3, -0.25) is 19.4 Å². The zero-order valence-corrected chi connectivity index (χ0v) is 20.5. The summed E-state index contributed by atoms with van der Waals surface area (Å²) in [5.74, 6) is -1.28. The second-order valence-corrected chi connectivity index (χ2v) is 9.24. The molecule has 5 rings (SSSR count). The highest BCUT2D eigenvalue weighted by molar-refractivity contribution is 6.31. The molecule has 186 valence electrons. The van der Waals surface area contributed by atoms with Crippen LogP contribution < -0.4 is 5.56 Å². The van der Waals surface area contributed by atoms with Crippen LogP contribution >= 0.6 is 11.6 Å². The molecule has 3 heterocycles. The Balaban J connectivity index is 1.66. The number of amides is 1. The number of fused-ring (bicyclic) bond motifs is 1. The van der Waals surface area contributed by atoms with Crippen molar-refractivity contribution in [2.24, 2.45) is 5.10 Å². The molecule has 0 unspecified atom stereocenters. The third-order valence-electron chi connectivity index (χ3n) is 6.34. The summed E-state index contributed by atoms with van der Waals surface area (Å²) >= 11 is 6.34. The Morgan fingerprint density at radius 1 is 1.05 bits per heavy atom. The van der Waals surface area contributed by atoms with Crippen molar-refractivity contribution in [2.45, 2.75) is 31.7 Å². The molecular weight excluding hydrogens is 492 g/mol. The Kier molecular flexibility index (Phi) is 6.83. The Morgan fingerprint density at radius 3 is 2.59 bits per heavy atom. The van der Waals surface area contributed by atoms with E-state index in [1.807, 2.05) is 42.5 Å². The van der Waals surface area contributed by atoms with E-state index < -0.39 is 12.0 Å². The monoisotopic (exact) mass is 514 g/mol. The zero-order chi connectivity index (χ0) is 25.9. The lowest BCUT2D eigenvalue weighted by atomic mass is 9.91. The number of pyridine rings is 2. The second kappa shape index (κ2) is 10.4. The van der Waals surface area contributed by atoms with Crippen LogP contribution in [-0.2, 0) is 9.59 Å². The number of aromatic amines is 1. The Bertz CT molecular complexity index is 1570. The third kappa shape index (κ3) is 5.01. The lowest BCUT2D eigenvalue weighted by Crippen LogP contribution is -2.27. The largest absolute Gasteiger partial charge is 0.481 e. The van der Waals surface area contributed by atoms with E-state index in [1.54, 1.807) is 30.6 Å². The maximum absolute atomic E-state index is 13.5. The first-order chi connectivity index (χ1) is 17.9. The van der Waals surface area contributed by atoms with E-state index in [9.17, 15) is 14.4 Å². The van der Waals surface area contributed by atoms with Crippen molar-refractivity contribution >= 4 is 40.1 Å². The number of aliphatic carboxylic acids is 1. The quantitative estimate of drug-likeness (QED) is 0.352. The molecule has 0 saturated heterocycles. The fourth-order valence-corrected chi connectivity index (χ4v) is 4.85. The number of carboxylic acid groups (broad SMARTS) is 1. The summed E-state index contributed by atoms with van der Waals surface area (Å²) in [6.07, 6.45) is 3.71.